The van der Waals surface area contributed by atoms with Crippen LogP contribution >= 0.6 is 12.2 Å². The third kappa shape index (κ3) is 10.1. The molecule has 0 spiro atoms. The zero-order valence-corrected chi connectivity index (χ0v) is 8.67. The molecule has 0 saturated heterocycles. The Hall–Kier alpha value is 0.0900. The molecule has 0 fully saturated rings. The van der Waals surface area contributed by atoms with Crippen molar-refractivity contribution < 1.29 is 0 Å². The first kappa shape index (κ1) is 11.1. The van der Waals surface area contributed by atoms with E-state index in [9.17, 15) is 0 Å². The van der Waals surface area contributed by atoms with E-state index in [1.54, 1.807) is 0 Å². The molecule has 0 N–H and O–H groups in total. The van der Waals surface area contributed by atoms with E-state index in [1.165, 1.54) is 43.4 Å². The molecule has 66 valence electrons. The zero-order chi connectivity index (χ0) is 8.53. The van der Waals surface area contributed by atoms with Gasteiger partial charge < -0.3 is 0 Å². The smallest absolute Gasteiger partial charge is 0.0102 e. The van der Waals surface area contributed by atoms with Gasteiger partial charge >= 0.3 is 0 Å². The molecular weight excluding hydrogens is 152 g/mol. The molecule has 0 amide bonds. The molecule has 0 bridgehead atoms. The first-order valence-electron chi connectivity index (χ1n) is 4.76. The Morgan fingerprint density at radius 1 is 1.00 bits per heavy atom. The third-order valence-corrected chi connectivity index (χ3v) is 2.09. The Bertz CT molecular complexity index is 97.0. The van der Waals surface area contributed by atoms with Crippen LogP contribution in [0, 0.1) is 0 Å². The number of unbranched alkanes of at least 4 members (excludes halogenated alkanes) is 5. The summed E-state index contributed by atoms with van der Waals surface area (Å²) in [5.41, 5.74) is 0. The van der Waals surface area contributed by atoms with Gasteiger partial charge in [-0.3, -0.25) is 0 Å². The van der Waals surface area contributed by atoms with Crippen molar-refractivity contribution in [3.63, 3.8) is 0 Å². The van der Waals surface area contributed by atoms with E-state index in [0.29, 0.717) is 0 Å². The van der Waals surface area contributed by atoms with E-state index in [0.717, 1.165) is 6.42 Å². The van der Waals surface area contributed by atoms with Crippen LogP contribution in [0.15, 0.2) is 0 Å². The normalized spacial score (nSPS) is 10.0. The van der Waals surface area contributed by atoms with Crippen LogP contribution in [0.5, 0.6) is 0 Å². The molecule has 0 aliphatic carbocycles. The molecule has 0 atom stereocenters. The molecule has 11 heavy (non-hydrogen) atoms. The number of rotatable bonds is 7. The van der Waals surface area contributed by atoms with E-state index in [1.807, 2.05) is 6.92 Å². The summed E-state index contributed by atoms with van der Waals surface area (Å²) in [7, 11) is 0. The summed E-state index contributed by atoms with van der Waals surface area (Å²) in [6.45, 7) is 4.29. The van der Waals surface area contributed by atoms with Gasteiger partial charge in [0.15, 0.2) is 0 Å². The Morgan fingerprint density at radius 2 is 1.55 bits per heavy atom. The monoisotopic (exact) mass is 172 g/mol. The molecule has 0 aromatic heterocycles. The summed E-state index contributed by atoms with van der Waals surface area (Å²) in [4.78, 5) is 1.17. The van der Waals surface area contributed by atoms with Gasteiger partial charge in [-0.25, -0.2) is 0 Å². The molecule has 0 aromatic carbocycles. The zero-order valence-electron chi connectivity index (χ0n) is 7.86. The van der Waals surface area contributed by atoms with Crippen molar-refractivity contribution in [2.24, 2.45) is 0 Å². The minimum Gasteiger partial charge on any atom is -0.0900 e. The van der Waals surface area contributed by atoms with Crippen molar-refractivity contribution in [3.8, 4) is 0 Å². The van der Waals surface area contributed by atoms with E-state index < -0.39 is 0 Å². The number of hydrogen-bond donors (Lipinski definition) is 0. The average molecular weight is 172 g/mol. The summed E-state index contributed by atoms with van der Waals surface area (Å²) in [6.07, 6.45) is 9.38. The molecule has 1 heteroatoms. The molecule has 0 aliphatic heterocycles. The third-order valence-electron chi connectivity index (χ3n) is 1.88. The van der Waals surface area contributed by atoms with Gasteiger partial charge in [-0.05, 0) is 24.6 Å². The standard InChI is InChI=1S/C10H20S/c1-3-4-5-6-7-8-9-10(2)11/h3-9H2,1-2H3. The van der Waals surface area contributed by atoms with E-state index in [4.69, 9.17) is 12.2 Å². The largest absolute Gasteiger partial charge is 0.0900 e. The second-order valence-corrected chi connectivity index (χ2v) is 3.92. The molecule has 0 saturated carbocycles. The fraction of sp³-hybridized carbons (Fsp3) is 0.900. The highest BCUT2D eigenvalue weighted by molar-refractivity contribution is 7.80. The maximum atomic E-state index is 5.00. The van der Waals surface area contributed by atoms with Crippen molar-refractivity contribution >= 4 is 17.1 Å². The Kier molecular flexibility index (Phi) is 8.26. The molecule has 0 nitrogen and oxygen atoms in total. The lowest BCUT2D eigenvalue weighted by atomic mass is 10.1. The number of hydrogen-bond acceptors (Lipinski definition) is 1. The van der Waals surface area contributed by atoms with Crippen LogP contribution in [0.25, 0.3) is 0 Å². The molecular formula is C10H20S. The first-order valence-corrected chi connectivity index (χ1v) is 5.17. The molecule has 0 aromatic rings. The minimum atomic E-state index is 1.15. The SMILES string of the molecule is CCCCCCCCC(C)=S. The van der Waals surface area contributed by atoms with Gasteiger partial charge in [0.2, 0.25) is 0 Å². The topological polar surface area (TPSA) is 0 Å². The fourth-order valence-corrected chi connectivity index (χ4v) is 1.30. The lowest BCUT2D eigenvalue weighted by Crippen LogP contribution is -1.86. The predicted molar refractivity (Wildman–Crippen MR) is 56.3 cm³/mol. The van der Waals surface area contributed by atoms with Gasteiger partial charge in [0, 0.05) is 0 Å². The highest BCUT2D eigenvalue weighted by Crippen LogP contribution is 2.07. The van der Waals surface area contributed by atoms with Crippen LogP contribution in [0.1, 0.15) is 58.8 Å². The highest BCUT2D eigenvalue weighted by atomic mass is 32.1. The highest BCUT2D eigenvalue weighted by Gasteiger charge is 1.90. The lowest BCUT2D eigenvalue weighted by molar-refractivity contribution is 0.616. The summed E-state index contributed by atoms with van der Waals surface area (Å²) in [6, 6.07) is 0. The molecule has 0 rings (SSSR count). The molecule has 0 aliphatic rings. The van der Waals surface area contributed by atoms with Gasteiger partial charge in [-0.2, -0.15) is 0 Å². The Balaban J connectivity index is 2.85. The van der Waals surface area contributed by atoms with Gasteiger partial charge in [0.25, 0.3) is 0 Å². The van der Waals surface area contributed by atoms with Crippen molar-refractivity contribution in [2.45, 2.75) is 58.8 Å². The summed E-state index contributed by atoms with van der Waals surface area (Å²) in [5, 5.41) is 0. The minimum absolute atomic E-state index is 1.15. The molecule has 0 radical (unpaired) electrons. The second-order valence-electron chi connectivity index (χ2n) is 3.22. The lowest BCUT2D eigenvalue weighted by Gasteiger charge is -1.98. The Labute approximate surface area is 76.4 Å². The van der Waals surface area contributed by atoms with Gasteiger partial charge in [0.1, 0.15) is 0 Å². The van der Waals surface area contributed by atoms with Crippen LogP contribution < -0.4 is 0 Å². The number of thiocarbonyl (C=S) groups is 1. The quantitative estimate of drug-likeness (QED) is 0.411. The summed E-state index contributed by atoms with van der Waals surface area (Å²) in [5.74, 6) is 0. The van der Waals surface area contributed by atoms with Gasteiger partial charge in [-0.1, -0.05) is 51.2 Å². The van der Waals surface area contributed by atoms with Gasteiger partial charge in [0.05, 0.1) is 0 Å². The van der Waals surface area contributed by atoms with E-state index in [2.05, 4.69) is 6.92 Å². The fourth-order valence-electron chi connectivity index (χ4n) is 1.15. The van der Waals surface area contributed by atoms with Crippen LogP contribution in [0.2, 0.25) is 0 Å². The Morgan fingerprint density at radius 3 is 2.09 bits per heavy atom. The predicted octanol–water partition coefficient (Wildman–Crippen LogP) is 4.13. The van der Waals surface area contributed by atoms with Crippen molar-refractivity contribution in [3.05, 3.63) is 0 Å². The van der Waals surface area contributed by atoms with Crippen molar-refractivity contribution in [1.29, 1.82) is 0 Å². The van der Waals surface area contributed by atoms with Crippen LogP contribution in [0.4, 0.5) is 0 Å². The van der Waals surface area contributed by atoms with Crippen LogP contribution in [-0.2, 0) is 0 Å². The van der Waals surface area contributed by atoms with Gasteiger partial charge in [-0.15, -0.1) is 0 Å². The maximum Gasteiger partial charge on any atom is -0.0102 e. The maximum absolute atomic E-state index is 5.00. The average Bonchev–Trinajstić information content (AvgIpc) is 1.96. The summed E-state index contributed by atoms with van der Waals surface area (Å²) >= 11 is 5.00. The van der Waals surface area contributed by atoms with E-state index in [-0.39, 0.29) is 0 Å². The summed E-state index contributed by atoms with van der Waals surface area (Å²) < 4.78 is 0. The second kappa shape index (κ2) is 8.19. The van der Waals surface area contributed by atoms with Crippen molar-refractivity contribution in [2.75, 3.05) is 0 Å². The van der Waals surface area contributed by atoms with Crippen LogP contribution in [0.3, 0.4) is 0 Å². The van der Waals surface area contributed by atoms with E-state index >= 15 is 0 Å². The van der Waals surface area contributed by atoms with Crippen molar-refractivity contribution in [1.82, 2.24) is 0 Å². The van der Waals surface area contributed by atoms with Crippen LogP contribution in [-0.4, -0.2) is 4.86 Å². The molecule has 0 unspecified atom stereocenters. The first-order chi connectivity index (χ1) is 5.27. The molecule has 0 heterocycles.